The molecule has 0 saturated carbocycles. The minimum Gasteiger partial charge on any atom is -0.456 e. The molecule has 15 heavy (non-hydrogen) atoms. The maximum atomic E-state index is 11.6. The second-order valence-electron chi connectivity index (χ2n) is 3.93. The normalized spacial score (nSPS) is 11.5. The lowest BCUT2D eigenvalue weighted by Crippen LogP contribution is -2.23. The third kappa shape index (κ3) is 3.00. The molecule has 0 atom stereocenters. The van der Waals surface area contributed by atoms with Crippen LogP contribution in [0.15, 0.2) is 0 Å². The number of anilines is 1. The number of carbonyl (C=O) groups excluding carboxylic acids is 1. The summed E-state index contributed by atoms with van der Waals surface area (Å²) in [5.74, 6) is -0.501. The Morgan fingerprint density at radius 1 is 1.40 bits per heavy atom. The van der Waals surface area contributed by atoms with Gasteiger partial charge in [-0.2, -0.15) is 0 Å². The van der Waals surface area contributed by atoms with Crippen LogP contribution in [0.3, 0.4) is 0 Å². The van der Waals surface area contributed by atoms with Crippen LogP contribution in [-0.2, 0) is 4.74 Å². The van der Waals surface area contributed by atoms with E-state index < -0.39 is 11.6 Å². The van der Waals surface area contributed by atoms with Crippen molar-refractivity contribution in [2.24, 2.45) is 0 Å². The summed E-state index contributed by atoms with van der Waals surface area (Å²) in [6.45, 7) is 5.33. The Morgan fingerprint density at radius 2 is 1.93 bits per heavy atom. The minimum absolute atomic E-state index is 0.181. The van der Waals surface area contributed by atoms with Gasteiger partial charge in [-0.3, -0.25) is 0 Å². The van der Waals surface area contributed by atoms with E-state index >= 15 is 0 Å². The summed E-state index contributed by atoms with van der Waals surface area (Å²) in [6, 6.07) is 0. The highest BCUT2D eigenvalue weighted by Crippen LogP contribution is 2.39. The van der Waals surface area contributed by atoms with Crippen molar-refractivity contribution in [1.82, 2.24) is 0 Å². The third-order valence-electron chi connectivity index (χ3n) is 1.43. The van der Waals surface area contributed by atoms with Crippen molar-refractivity contribution in [2.75, 3.05) is 5.73 Å². The molecule has 0 unspecified atom stereocenters. The van der Waals surface area contributed by atoms with Gasteiger partial charge in [0.1, 0.15) is 14.8 Å². The van der Waals surface area contributed by atoms with Gasteiger partial charge in [0.15, 0.2) is 0 Å². The highest BCUT2D eigenvalue weighted by Gasteiger charge is 2.24. The summed E-state index contributed by atoms with van der Waals surface area (Å²) >= 11 is 12.5. The lowest BCUT2D eigenvalue weighted by Gasteiger charge is -2.18. The third-order valence-corrected chi connectivity index (χ3v) is 3.43. The van der Waals surface area contributed by atoms with Crippen molar-refractivity contribution < 1.29 is 9.53 Å². The molecule has 0 saturated heterocycles. The monoisotopic (exact) mass is 267 g/mol. The number of hydrogen-bond donors (Lipinski definition) is 1. The Labute approximate surface area is 102 Å². The van der Waals surface area contributed by atoms with Crippen LogP contribution in [0.5, 0.6) is 0 Å². The average molecular weight is 268 g/mol. The summed E-state index contributed by atoms with van der Waals surface area (Å²) in [7, 11) is 0. The van der Waals surface area contributed by atoms with Gasteiger partial charge in [0.05, 0.1) is 10.7 Å². The first-order valence-corrected chi connectivity index (χ1v) is 5.76. The Hall–Kier alpha value is -0.450. The Balaban J connectivity index is 2.98. The zero-order valence-electron chi connectivity index (χ0n) is 8.56. The first-order valence-electron chi connectivity index (χ1n) is 4.19. The van der Waals surface area contributed by atoms with Gasteiger partial charge in [-0.05, 0) is 20.8 Å². The fourth-order valence-electron chi connectivity index (χ4n) is 0.871. The number of thiophene rings is 1. The van der Waals surface area contributed by atoms with Crippen LogP contribution in [0.1, 0.15) is 30.4 Å². The van der Waals surface area contributed by atoms with E-state index in [0.717, 1.165) is 11.3 Å². The molecule has 6 heteroatoms. The number of nitrogen functional groups attached to an aromatic ring is 1. The van der Waals surface area contributed by atoms with E-state index in [1.165, 1.54) is 0 Å². The van der Waals surface area contributed by atoms with E-state index in [1.54, 1.807) is 20.8 Å². The van der Waals surface area contributed by atoms with Crippen molar-refractivity contribution >= 4 is 46.2 Å². The lowest BCUT2D eigenvalue weighted by atomic mass is 10.2. The predicted molar refractivity (Wildman–Crippen MR) is 63.9 cm³/mol. The van der Waals surface area contributed by atoms with Crippen LogP contribution in [0, 0.1) is 0 Å². The zero-order valence-corrected chi connectivity index (χ0v) is 10.9. The molecule has 0 aromatic carbocycles. The van der Waals surface area contributed by atoms with Crippen LogP contribution < -0.4 is 5.73 Å². The number of hydrogen-bond acceptors (Lipinski definition) is 4. The van der Waals surface area contributed by atoms with Gasteiger partial charge in [0.2, 0.25) is 0 Å². The van der Waals surface area contributed by atoms with Crippen molar-refractivity contribution in [3.63, 3.8) is 0 Å². The Morgan fingerprint density at radius 3 is 2.27 bits per heavy atom. The minimum atomic E-state index is -0.563. The smallest absolute Gasteiger partial charge is 0.351 e. The summed E-state index contributed by atoms with van der Waals surface area (Å²) in [5.41, 5.74) is 5.23. The molecule has 0 spiro atoms. The van der Waals surface area contributed by atoms with E-state index in [4.69, 9.17) is 33.7 Å². The molecule has 0 radical (unpaired) electrons. The first kappa shape index (κ1) is 12.6. The maximum absolute atomic E-state index is 11.6. The standard InChI is InChI=1S/C9H11Cl2NO2S/c1-9(2,3)14-8(13)6-5(12)4(10)7(11)15-6/h12H2,1-3H3. The summed E-state index contributed by atoms with van der Waals surface area (Å²) < 4.78 is 5.45. The SMILES string of the molecule is CC(C)(C)OC(=O)c1sc(Cl)c(Cl)c1N. The predicted octanol–water partition coefficient (Wildman–Crippen LogP) is 3.59. The summed E-state index contributed by atoms with van der Waals surface area (Å²) in [4.78, 5) is 11.9. The summed E-state index contributed by atoms with van der Waals surface area (Å²) in [5, 5.41) is 0.211. The number of halogens is 2. The molecule has 1 rings (SSSR count). The second kappa shape index (κ2) is 4.20. The number of nitrogens with two attached hydrogens (primary N) is 1. The van der Waals surface area contributed by atoms with E-state index in [1.807, 2.05) is 0 Å². The van der Waals surface area contributed by atoms with Crippen molar-refractivity contribution in [2.45, 2.75) is 26.4 Å². The number of esters is 1. The van der Waals surface area contributed by atoms with Gasteiger partial charge in [-0.1, -0.05) is 23.2 Å². The van der Waals surface area contributed by atoms with E-state index in [9.17, 15) is 4.79 Å². The average Bonchev–Trinajstić information content (AvgIpc) is 2.30. The van der Waals surface area contributed by atoms with Crippen LogP contribution >= 0.6 is 34.5 Å². The lowest BCUT2D eigenvalue weighted by molar-refractivity contribution is 0.00764. The quantitative estimate of drug-likeness (QED) is 0.792. The van der Waals surface area contributed by atoms with Gasteiger partial charge in [-0.25, -0.2) is 4.79 Å². The first-order chi connectivity index (χ1) is 6.72. The molecule has 1 heterocycles. The second-order valence-corrected chi connectivity index (χ2v) is 5.94. The number of ether oxygens (including phenoxy) is 1. The molecular formula is C9H11Cl2NO2S. The molecule has 1 aromatic rings. The van der Waals surface area contributed by atoms with Gasteiger partial charge >= 0.3 is 5.97 Å². The van der Waals surface area contributed by atoms with Gasteiger partial charge in [-0.15, -0.1) is 11.3 Å². The number of carbonyl (C=O) groups is 1. The summed E-state index contributed by atoms with van der Waals surface area (Å²) in [6.07, 6.45) is 0. The van der Waals surface area contributed by atoms with Crippen LogP contribution in [0.25, 0.3) is 0 Å². The van der Waals surface area contributed by atoms with Crippen LogP contribution in [0.2, 0.25) is 9.36 Å². The van der Waals surface area contributed by atoms with Gasteiger partial charge in [0.25, 0.3) is 0 Å². The molecule has 2 N–H and O–H groups in total. The van der Waals surface area contributed by atoms with Gasteiger partial charge in [0, 0.05) is 0 Å². The molecule has 0 bridgehead atoms. The molecule has 0 fully saturated rings. The van der Waals surface area contributed by atoms with Crippen LogP contribution in [0.4, 0.5) is 5.69 Å². The molecule has 0 amide bonds. The molecular weight excluding hydrogens is 257 g/mol. The van der Waals surface area contributed by atoms with E-state index in [0.29, 0.717) is 4.34 Å². The van der Waals surface area contributed by atoms with Crippen LogP contribution in [-0.4, -0.2) is 11.6 Å². The van der Waals surface area contributed by atoms with Crippen molar-refractivity contribution in [3.8, 4) is 0 Å². The topological polar surface area (TPSA) is 52.3 Å². The molecule has 1 aromatic heterocycles. The fraction of sp³-hybridized carbons (Fsp3) is 0.444. The molecule has 84 valence electrons. The van der Waals surface area contributed by atoms with E-state index in [-0.39, 0.29) is 15.6 Å². The van der Waals surface area contributed by atoms with Crippen molar-refractivity contribution in [1.29, 1.82) is 0 Å². The molecule has 0 aliphatic rings. The zero-order chi connectivity index (χ0) is 11.8. The highest BCUT2D eigenvalue weighted by molar-refractivity contribution is 7.19. The van der Waals surface area contributed by atoms with Crippen molar-refractivity contribution in [3.05, 3.63) is 14.2 Å². The fourth-order valence-corrected chi connectivity index (χ4v) is 2.19. The van der Waals surface area contributed by atoms with Gasteiger partial charge < -0.3 is 10.5 Å². The van der Waals surface area contributed by atoms with E-state index in [2.05, 4.69) is 0 Å². The molecule has 0 aliphatic heterocycles. The Kier molecular flexibility index (Phi) is 3.53. The molecule has 0 aliphatic carbocycles. The molecule has 3 nitrogen and oxygen atoms in total. The maximum Gasteiger partial charge on any atom is 0.351 e. The Bertz CT molecular complexity index is 396. The largest absolute Gasteiger partial charge is 0.456 e. The highest BCUT2D eigenvalue weighted by atomic mass is 35.5. The number of rotatable bonds is 1.